The lowest BCUT2D eigenvalue weighted by Gasteiger charge is -2.11. The van der Waals surface area contributed by atoms with Crippen LogP contribution in [0.15, 0.2) is 23.1 Å². The van der Waals surface area contributed by atoms with Gasteiger partial charge in [-0.15, -0.1) is 0 Å². The van der Waals surface area contributed by atoms with E-state index in [1.807, 2.05) is 4.72 Å². The van der Waals surface area contributed by atoms with Gasteiger partial charge >= 0.3 is 0 Å². The molecule has 0 atom stereocenters. The Morgan fingerprint density at radius 3 is 2.17 bits per heavy atom. The summed E-state index contributed by atoms with van der Waals surface area (Å²) in [5.74, 6) is -2.49. The standard InChI is InChI=1S/C10H12F2N2O3S/c1-14(2)10(15)6-13-18(16,17)9-4-7(11)3-8(12)5-9/h3-5,13H,6H2,1-2H3. The first kappa shape index (κ1) is 14.5. The highest BCUT2D eigenvalue weighted by Gasteiger charge is 2.18. The fourth-order valence-corrected chi connectivity index (χ4v) is 2.10. The zero-order chi connectivity index (χ0) is 13.9. The zero-order valence-electron chi connectivity index (χ0n) is 9.78. The number of benzene rings is 1. The van der Waals surface area contributed by atoms with Crippen LogP contribution >= 0.6 is 0 Å². The summed E-state index contributed by atoms with van der Waals surface area (Å²) in [6.07, 6.45) is 0. The monoisotopic (exact) mass is 278 g/mol. The molecule has 0 aromatic heterocycles. The van der Waals surface area contributed by atoms with E-state index in [1.54, 1.807) is 0 Å². The summed E-state index contributed by atoms with van der Waals surface area (Å²) in [7, 11) is -1.20. The Morgan fingerprint density at radius 1 is 1.22 bits per heavy atom. The van der Waals surface area contributed by atoms with Crippen LogP contribution in [0.25, 0.3) is 0 Å². The van der Waals surface area contributed by atoms with Gasteiger partial charge < -0.3 is 4.90 Å². The van der Waals surface area contributed by atoms with E-state index in [9.17, 15) is 22.0 Å². The van der Waals surface area contributed by atoms with Crippen molar-refractivity contribution in [2.45, 2.75) is 4.90 Å². The van der Waals surface area contributed by atoms with Gasteiger partial charge in [0.25, 0.3) is 0 Å². The minimum Gasteiger partial charge on any atom is -0.348 e. The van der Waals surface area contributed by atoms with Crippen LogP contribution in [0.4, 0.5) is 8.78 Å². The first-order valence-corrected chi connectivity index (χ1v) is 6.36. The first-order valence-electron chi connectivity index (χ1n) is 4.88. The molecule has 0 bridgehead atoms. The normalized spacial score (nSPS) is 11.3. The summed E-state index contributed by atoms with van der Waals surface area (Å²) >= 11 is 0. The fraction of sp³-hybridized carbons (Fsp3) is 0.300. The van der Waals surface area contributed by atoms with Crippen molar-refractivity contribution in [3.8, 4) is 0 Å². The first-order chi connectivity index (χ1) is 8.22. The molecule has 0 saturated heterocycles. The number of rotatable bonds is 4. The van der Waals surface area contributed by atoms with E-state index in [4.69, 9.17) is 0 Å². The van der Waals surface area contributed by atoms with Gasteiger partial charge in [0.1, 0.15) is 11.6 Å². The van der Waals surface area contributed by atoms with Crippen molar-refractivity contribution in [1.29, 1.82) is 0 Å². The van der Waals surface area contributed by atoms with Gasteiger partial charge in [-0.2, -0.15) is 0 Å². The van der Waals surface area contributed by atoms with Crippen molar-refractivity contribution >= 4 is 15.9 Å². The highest BCUT2D eigenvalue weighted by Crippen LogP contribution is 2.13. The molecule has 0 heterocycles. The Hall–Kier alpha value is -1.54. The van der Waals surface area contributed by atoms with Crippen LogP contribution in [0.1, 0.15) is 0 Å². The summed E-state index contributed by atoms with van der Waals surface area (Å²) in [5.41, 5.74) is 0. The maximum absolute atomic E-state index is 12.9. The summed E-state index contributed by atoms with van der Waals surface area (Å²) in [6, 6.07) is 1.90. The highest BCUT2D eigenvalue weighted by molar-refractivity contribution is 7.89. The number of carbonyl (C=O) groups excluding carboxylic acids is 1. The number of hydrogen-bond donors (Lipinski definition) is 1. The lowest BCUT2D eigenvalue weighted by atomic mass is 10.3. The molecule has 0 fully saturated rings. The fourth-order valence-electron chi connectivity index (χ4n) is 1.08. The van der Waals surface area contributed by atoms with Gasteiger partial charge in [0, 0.05) is 20.2 Å². The van der Waals surface area contributed by atoms with Crippen LogP contribution in [-0.4, -0.2) is 39.9 Å². The molecule has 8 heteroatoms. The molecule has 0 saturated carbocycles. The number of nitrogens with zero attached hydrogens (tertiary/aromatic N) is 1. The Kier molecular flexibility index (Phi) is 4.36. The average molecular weight is 278 g/mol. The molecule has 1 rings (SSSR count). The van der Waals surface area contributed by atoms with E-state index >= 15 is 0 Å². The van der Waals surface area contributed by atoms with Crippen LogP contribution in [0.5, 0.6) is 0 Å². The highest BCUT2D eigenvalue weighted by atomic mass is 32.2. The van der Waals surface area contributed by atoms with Crippen LogP contribution < -0.4 is 4.72 Å². The molecule has 0 aliphatic heterocycles. The molecule has 1 N–H and O–H groups in total. The Labute approximate surface area is 103 Å². The third kappa shape index (κ3) is 3.74. The van der Waals surface area contributed by atoms with E-state index in [-0.39, 0.29) is 0 Å². The molecule has 0 spiro atoms. The van der Waals surface area contributed by atoms with Gasteiger partial charge in [-0.05, 0) is 12.1 Å². The van der Waals surface area contributed by atoms with Crippen molar-refractivity contribution in [2.24, 2.45) is 0 Å². The smallest absolute Gasteiger partial charge is 0.241 e. The molecular weight excluding hydrogens is 266 g/mol. The van der Waals surface area contributed by atoms with E-state index in [2.05, 4.69) is 0 Å². The van der Waals surface area contributed by atoms with Crippen molar-refractivity contribution in [3.05, 3.63) is 29.8 Å². The third-order valence-electron chi connectivity index (χ3n) is 2.06. The molecule has 100 valence electrons. The number of carbonyl (C=O) groups is 1. The van der Waals surface area contributed by atoms with Gasteiger partial charge in [-0.25, -0.2) is 21.9 Å². The molecule has 1 aromatic carbocycles. The predicted molar refractivity (Wildman–Crippen MR) is 60.2 cm³/mol. The maximum Gasteiger partial charge on any atom is 0.241 e. The SMILES string of the molecule is CN(C)C(=O)CNS(=O)(=O)c1cc(F)cc(F)c1. The second kappa shape index (κ2) is 5.40. The lowest BCUT2D eigenvalue weighted by molar-refractivity contribution is -0.127. The Morgan fingerprint density at radius 2 is 1.72 bits per heavy atom. The summed E-state index contributed by atoms with van der Waals surface area (Å²) in [6.45, 7) is -0.479. The molecule has 0 unspecified atom stereocenters. The largest absolute Gasteiger partial charge is 0.348 e. The second-order valence-corrected chi connectivity index (χ2v) is 5.48. The van der Waals surface area contributed by atoms with Crippen LogP contribution in [0.2, 0.25) is 0 Å². The molecule has 1 aromatic rings. The van der Waals surface area contributed by atoms with Gasteiger partial charge in [-0.1, -0.05) is 0 Å². The summed E-state index contributed by atoms with van der Waals surface area (Å²) in [4.78, 5) is 11.8. The van der Waals surface area contributed by atoms with Gasteiger partial charge in [-0.3, -0.25) is 4.79 Å². The topological polar surface area (TPSA) is 66.5 Å². The lowest BCUT2D eigenvalue weighted by Crippen LogP contribution is -2.36. The van der Waals surface area contributed by atoms with Crippen LogP contribution in [-0.2, 0) is 14.8 Å². The molecule has 0 aliphatic rings. The molecule has 0 radical (unpaired) electrons. The number of sulfonamides is 1. The van der Waals surface area contributed by atoms with E-state index < -0.39 is 39.0 Å². The number of amides is 1. The number of likely N-dealkylation sites (N-methyl/N-ethyl adjacent to an activating group) is 1. The van der Waals surface area contributed by atoms with Gasteiger partial charge in [0.15, 0.2) is 0 Å². The third-order valence-corrected chi connectivity index (χ3v) is 3.44. The quantitative estimate of drug-likeness (QED) is 0.863. The molecular formula is C10H12F2N2O3S. The van der Waals surface area contributed by atoms with Crippen LogP contribution in [0, 0.1) is 11.6 Å². The minimum atomic E-state index is -4.11. The van der Waals surface area contributed by atoms with Gasteiger partial charge in [0.05, 0.1) is 11.4 Å². The van der Waals surface area contributed by atoms with E-state index in [0.717, 1.165) is 0 Å². The van der Waals surface area contributed by atoms with Crippen molar-refractivity contribution in [1.82, 2.24) is 9.62 Å². The van der Waals surface area contributed by atoms with Crippen molar-refractivity contribution < 1.29 is 22.0 Å². The summed E-state index contributed by atoms with van der Waals surface area (Å²) in [5, 5.41) is 0. The van der Waals surface area contributed by atoms with Crippen molar-refractivity contribution in [3.63, 3.8) is 0 Å². The molecule has 18 heavy (non-hydrogen) atoms. The Balaban J connectivity index is 2.90. The zero-order valence-corrected chi connectivity index (χ0v) is 10.6. The number of hydrogen-bond acceptors (Lipinski definition) is 3. The average Bonchev–Trinajstić information content (AvgIpc) is 2.24. The maximum atomic E-state index is 12.9. The molecule has 1 amide bonds. The molecule has 5 nitrogen and oxygen atoms in total. The number of nitrogens with one attached hydrogen (secondary N) is 1. The summed E-state index contributed by atoms with van der Waals surface area (Å²) < 4.78 is 51.0. The predicted octanol–water partition coefficient (Wildman–Crippen LogP) is 0.331. The minimum absolute atomic E-state index is 0.476. The van der Waals surface area contributed by atoms with E-state index in [0.29, 0.717) is 18.2 Å². The molecule has 0 aliphatic carbocycles. The van der Waals surface area contributed by atoms with E-state index in [1.165, 1.54) is 19.0 Å². The Bertz CT molecular complexity index is 538. The van der Waals surface area contributed by atoms with Crippen LogP contribution in [0.3, 0.4) is 0 Å². The number of halogens is 2. The van der Waals surface area contributed by atoms with Gasteiger partial charge in [0.2, 0.25) is 15.9 Å². The second-order valence-electron chi connectivity index (χ2n) is 3.72. The van der Waals surface area contributed by atoms with Crippen molar-refractivity contribution in [2.75, 3.05) is 20.6 Å².